The molecule has 24 heteroatoms. The molecule has 2 aliphatic rings. The van der Waals surface area contributed by atoms with E-state index in [0.717, 1.165) is 5.56 Å². The van der Waals surface area contributed by atoms with Crippen LogP contribution in [0.25, 0.3) is 0 Å². The van der Waals surface area contributed by atoms with Crippen molar-refractivity contribution in [3.63, 3.8) is 0 Å². The molecule has 8 atom stereocenters. The minimum Gasteiger partial charge on any atom is -0.506 e. The lowest BCUT2D eigenvalue weighted by Crippen LogP contribution is -2.59. The summed E-state index contributed by atoms with van der Waals surface area (Å²) >= 11 is 3.80. The molecule has 2 aromatic carbocycles. The number of nitrogens with two attached hydrogens (primary N) is 2. The number of primary amides is 1. The fourth-order valence-electron chi connectivity index (χ4n) is 8.15. The van der Waals surface area contributed by atoms with Crippen LogP contribution in [0.4, 0.5) is 0 Å². The molecule has 0 radical (unpaired) electrons. The highest BCUT2D eigenvalue weighted by atomic mass is 127. The smallest absolute Gasteiger partial charge is 0.326 e. The second-order valence-corrected chi connectivity index (χ2v) is 20.2. The highest BCUT2D eigenvalue weighted by molar-refractivity contribution is 14.1. The van der Waals surface area contributed by atoms with E-state index in [4.69, 9.17) is 11.5 Å². The maximum Gasteiger partial charge on any atom is 0.326 e. The van der Waals surface area contributed by atoms with Gasteiger partial charge in [-0.2, -0.15) is 0 Å². The lowest BCUT2D eigenvalue weighted by atomic mass is 10.0. The molecule has 2 heterocycles. The highest BCUT2D eigenvalue weighted by Crippen LogP contribution is 2.29. The minimum atomic E-state index is -1.65. The van der Waals surface area contributed by atoms with Crippen molar-refractivity contribution in [1.29, 1.82) is 0 Å². The van der Waals surface area contributed by atoms with Crippen LogP contribution in [0.3, 0.4) is 0 Å². The number of nitrogens with zero attached hydrogens (tertiary/aromatic N) is 2. The third kappa shape index (κ3) is 16.5. The molecule has 2 saturated heterocycles. The summed E-state index contributed by atoms with van der Waals surface area (Å²) in [4.78, 5) is 135. The summed E-state index contributed by atoms with van der Waals surface area (Å²) in [6.45, 7) is 6.03. The van der Waals surface area contributed by atoms with Gasteiger partial charge < -0.3 is 63.4 Å². The van der Waals surface area contributed by atoms with Crippen LogP contribution in [0.5, 0.6) is 5.75 Å². The topological polar surface area (TPSA) is 342 Å². The number of amides is 9. The molecular formula is C46H62I2N10O12. The van der Waals surface area contributed by atoms with Crippen LogP contribution in [0, 0.1) is 13.1 Å². The van der Waals surface area contributed by atoms with Gasteiger partial charge in [0, 0.05) is 19.5 Å². The standard InChI is InChI=1S/C46H62I2N10O12/c1-23(2)16-33(46(69)70)56-39(62)24(3)52-43(66)35-13-9-15-58(35)45(68)32(20-27-17-28(47)38(61)29(48)18-27)55-41(64)31(21-36(50)59)54-37(60)22-51-42(65)34-12-8-14-57(34)44(67)25(4)53-40(63)30(49)19-26-10-6-5-7-11-26/h5-7,10-11,17-18,23-25,30-35,61H,8-9,12-16,19-22,49H2,1-4H3,(H2,50,59)(H,51,65)(H,52,66)(H,53,63)(H,54,60)(H,55,64)(H,56,62)(H,69,70)/t24-,25-,30-,31-,32-,33-,34-,35-/m0/s1. The number of carbonyl (C=O) groups excluding carboxylic acids is 9. The average molecular weight is 1200 g/mol. The molecule has 0 saturated carbocycles. The van der Waals surface area contributed by atoms with Crippen molar-refractivity contribution in [2.75, 3.05) is 19.6 Å². The van der Waals surface area contributed by atoms with Crippen molar-refractivity contribution in [2.24, 2.45) is 17.4 Å². The largest absolute Gasteiger partial charge is 0.506 e. The van der Waals surface area contributed by atoms with Crippen molar-refractivity contribution in [3.8, 4) is 5.75 Å². The normalized spacial score (nSPS) is 18.1. The number of benzene rings is 2. The number of halogens is 2. The molecule has 22 nitrogen and oxygen atoms in total. The molecule has 0 bridgehead atoms. The lowest BCUT2D eigenvalue weighted by molar-refractivity contribution is -0.143. The summed E-state index contributed by atoms with van der Waals surface area (Å²) < 4.78 is 0.876. The first-order valence-electron chi connectivity index (χ1n) is 22.8. The molecule has 0 aromatic heterocycles. The second kappa shape index (κ2) is 26.5. The molecular weight excluding hydrogens is 1140 g/mol. The van der Waals surface area contributed by atoms with Crippen LogP contribution in [0.2, 0.25) is 0 Å². The fourth-order valence-corrected chi connectivity index (χ4v) is 10.0. The number of phenols is 1. The predicted octanol–water partition coefficient (Wildman–Crippen LogP) is -0.718. The molecule has 4 rings (SSSR count). The zero-order valence-electron chi connectivity index (χ0n) is 39.3. The number of phenolic OH excluding ortho intramolecular Hbond substituents is 1. The van der Waals surface area contributed by atoms with Crippen molar-refractivity contribution in [3.05, 3.63) is 60.7 Å². The van der Waals surface area contributed by atoms with Gasteiger partial charge >= 0.3 is 5.97 Å². The van der Waals surface area contributed by atoms with E-state index in [0.29, 0.717) is 25.5 Å². The first-order valence-corrected chi connectivity index (χ1v) is 25.0. The highest BCUT2D eigenvalue weighted by Gasteiger charge is 2.41. The maximum absolute atomic E-state index is 14.5. The number of aliphatic carboxylic acids is 1. The molecule has 9 amide bonds. The van der Waals surface area contributed by atoms with Crippen LogP contribution in [-0.4, -0.2) is 147 Å². The summed E-state index contributed by atoms with van der Waals surface area (Å²) in [6, 6.07) is 2.79. The van der Waals surface area contributed by atoms with Gasteiger partial charge in [-0.15, -0.1) is 0 Å². The Hall–Kier alpha value is -5.64. The molecule has 382 valence electrons. The number of carboxylic acid groups (broad SMARTS) is 1. The van der Waals surface area contributed by atoms with Gasteiger partial charge in [-0.3, -0.25) is 43.2 Å². The third-order valence-corrected chi connectivity index (χ3v) is 13.4. The van der Waals surface area contributed by atoms with Crippen molar-refractivity contribution < 1.29 is 58.2 Å². The monoisotopic (exact) mass is 1200 g/mol. The number of hydrogen-bond donors (Lipinski definition) is 10. The lowest BCUT2D eigenvalue weighted by Gasteiger charge is -2.30. The van der Waals surface area contributed by atoms with E-state index in [2.05, 4.69) is 31.9 Å². The van der Waals surface area contributed by atoms with Crippen molar-refractivity contribution in [2.45, 2.75) is 127 Å². The molecule has 12 N–H and O–H groups in total. The SMILES string of the molecule is CC(C)C[C@H](NC(=O)[C@H](C)NC(=O)[C@@H]1CCCN1C(=O)[C@H](Cc1cc(I)c(O)c(I)c1)NC(=O)[C@H](CC(N)=O)NC(=O)CNC(=O)[C@@H]1CCCN1C(=O)[C@H](C)NC(=O)[C@@H](N)Cc1ccccc1)C(=O)O. The van der Waals surface area contributed by atoms with E-state index in [-0.39, 0.29) is 56.9 Å². The zero-order chi connectivity index (χ0) is 52.0. The zero-order valence-corrected chi connectivity index (χ0v) is 43.6. The van der Waals surface area contributed by atoms with E-state index in [1.54, 1.807) is 26.0 Å². The van der Waals surface area contributed by atoms with Gasteiger partial charge in [0.2, 0.25) is 53.2 Å². The van der Waals surface area contributed by atoms with Gasteiger partial charge in [-0.1, -0.05) is 44.2 Å². The van der Waals surface area contributed by atoms with Gasteiger partial charge in [0.15, 0.2) is 0 Å². The minimum absolute atomic E-state index is 0.00726. The van der Waals surface area contributed by atoms with Gasteiger partial charge in [-0.05, 0) is 127 Å². The first-order chi connectivity index (χ1) is 33.0. The Morgan fingerprint density at radius 2 is 1.26 bits per heavy atom. The third-order valence-electron chi connectivity index (χ3n) is 11.7. The van der Waals surface area contributed by atoms with E-state index in [1.165, 1.54) is 23.6 Å². The van der Waals surface area contributed by atoms with Gasteiger partial charge in [0.1, 0.15) is 48.0 Å². The Balaban J connectivity index is 1.43. The molecule has 0 unspecified atom stereocenters. The number of likely N-dealkylation sites (tertiary alicyclic amines) is 2. The van der Waals surface area contributed by atoms with Crippen LogP contribution in [0.15, 0.2) is 42.5 Å². The Labute approximate surface area is 432 Å². The summed E-state index contributed by atoms with van der Waals surface area (Å²) in [5, 5.41) is 35.1. The summed E-state index contributed by atoms with van der Waals surface area (Å²) in [7, 11) is 0. The van der Waals surface area contributed by atoms with E-state index in [9.17, 15) is 58.2 Å². The summed E-state index contributed by atoms with van der Waals surface area (Å²) in [6.07, 6.45) is 0.761. The van der Waals surface area contributed by atoms with E-state index in [1.807, 2.05) is 75.5 Å². The maximum atomic E-state index is 14.5. The van der Waals surface area contributed by atoms with Crippen molar-refractivity contribution >= 4 is 104 Å². The second-order valence-electron chi connectivity index (χ2n) is 17.8. The number of carbonyl (C=O) groups is 10. The average Bonchev–Trinajstić information content (AvgIpc) is 4.00. The summed E-state index contributed by atoms with van der Waals surface area (Å²) in [5.41, 5.74) is 12.9. The van der Waals surface area contributed by atoms with Crippen LogP contribution in [0.1, 0.15) is 77.3 Å². The van der Waals surface area contributed by atoms with Gasteiger partial charge in [0.25, 0.3) is 0 Å². The summed E-state index contributed by atoms with van der Waals surface area (Å²) in [5.74, 6) is -8.15. The van der Waals surface area contributed by atoms with Crippen LogP contribution in [-0.2, 0) is 60.8 Å². The van der Waals surface area contributed by atoms with Crippen molar-refractivity contribution in [1.82, 2.24) is 41.7 Å². The number of carboxylic acids is 1. The quantitative estimate of drug-likeness (QED) is 0.0616. The first kappa shape index (κ1) is 56.9. The Kier molecular flexibility index (Phi) is 21.6. The molecule has 70 heavy (non-hydrogen) atoms. The molecule has 0 aliphatic carbocycles. The van der Waals surface area contributed by atoms with Crippen LogP contribution >= 0.6 is 45.2 Å². The Morgan fingerprint density at radius 3 is 1.83 bits per heavy atom. The number of rotatable bonds is 23. The number of aromatic hydroxyl groups is 1. The molecule has 2 aromatic rings. The Morgan fingerprint density at radius 1 is 0.686 bits per heavy atom. The van der Waals surface area contributed by atoms with E-state index < -0.39 is 120 Å². The van der Waals surface area contributed by atoms with Gasteiger partial charge in [0.05, 0.1) is 26.1 Å². The number of nitrogens with one attached hydrogen (secondary N) is 6. The predicted molar refractivity (Wildman–Crippen MR) is 270 cm³/mol. The van der Waals surface area contributed by atoms with Crippen LogP contribution < -0.4 is 43.4 Å². The van der Waals surface area contributed by atoms with Gasteiger partial charge in [-0.25, -0.2) is 4.79 Å². The molecule has 2 fully saturated rings. The number of hydrogen-bond acceptors (Lipinski definition) is 12. The molecule has 0 spiro atoms. The fraction of sp³-hybridized carbons (Fsp3) is 0.522. The Bertz CT molecular complexity index is 2270. The molecule has 2 aliphatic heterocycles. The van der Waals surface area contributed by atoms with E-state index >= 15 is 0 Å².